The summed E-state index contributed by atoms with van der Waals surface area (Å²) >= 11 is 1.56. The molecule has 2 amide bonds. The molecule has 0 bridgehead atoms. The van der Waals surface area contributed by atoms with Crippen molar-refractivity contribution in [2.24, 2.45) is 5.11 Å². The highest BCUT2D eigenvalue weighted by Crippen LogP contribution is 2.24. The third-order valence-corrected chi connectivity index (χ3v) is 2.84. The first-order valence-corrected chi connectivity index (χ1v) is 5.60. The van der Waals surface area contributed by atoms with Crippen LogP contribution in [-0.4, -0.2) is 11.0 Å². The fourth-order valence-electron chi connectivity index (χ4n) is 1.23. The predicted octanol–water partition coefficient (Wildman–Crippen LogP) is 2.88. The van der Waals surface area contributed by atoms with Crippen LogP contribution in [0.4, 0.5) is 10.5 Å². The Hall–Kier alpha value is -2.28. The number of nitrogens with one attached hydrogen (secondary N) is 3. The van der Waals surface area contributed by atoms with E-state index in [-0.39, 0.29) is 0 Å². The first kappa shape index (κ1) is 11.2. The number of anilines is 1. The van der Waals surface area contributed by atoms with Gasteiger partial charge in [-0.3, -0.25) is 10.4 Å². The average Bonchev–Trinajstić information content (AvgIpc) is 2.90. The smallest absolute Gasteiger partial charge is 0.297 e. The van der Waals surface area contributed by atoms with Crippen molar-refractivity contribution in [3.63, 3.8) is 0 Å². The average molecular weight is 247 g/mol. The number of benzene rings is 1. The number of amides is 2. The molecule has 1 aromatic carbocycles. The summed E-state index contributed by atoms with van der Waals surface area (Å²) in [6.07, 6.45) is 1.80. The van der Waals surface area contributed by atoms with Crippen molar-refractivity contribution in [3.8, 4) is 10.4 Å². The molecule has 86 valence electrons. The number of carbonyl (C=O) groups excluding carboxylic acids is 1. The molecule has 3 N–H and O–H groups in total. The van der Waals surface area contributed by atoms with Crippen molar-refractivity contribution in [3.05, 3.63) is 36.0 Å². The summed E-state index contributed by atoms with van der Waals surface area (Å²) in [5.41, 5.74) is 14.9. The van der Waals surface area contributed by atoms with Gasteiger partial charge in [-0.05, 0) is 17.7 Å². The topological polar surface area (TPSA) is 90.2 Å². The van der Waals surface area contributed by atoms with E-state index in [0.717, 1.165) is 16.1 Å². The fourth-order valence-corrected chi connectivity index (χ4v) is 1.86. The lowest BCUT2D eigenvalue weighted by Gasteiger charge is -2.05. The Kier molecular flexibility index (Phi) is 3.41. The summed E-state index contributed by atoms with van der Waals surface area (Å²) < 4.78 is 0. The Labute approximate surface area is 101 Å². The Morgan fingerprint density at radius 3 is 2.71 bits per heavy atom. The van der Waals surface area contributed by atoms with E-state index in [1.165, 1.54) is 0 Å². The molecule has 0 unspecified atom stereocenters. The largest absolute Gasteiger partial charge is 0.377 e. The number of aromatic nitrogens is 1. The maximum Gasteiger partial charge on any atom is 0.377 e. The molecule has 2 rings (SSSR count). The summed E-state index contributed by atoms with van der Waals surface area (Å²) in [6, 6.07) is 6.73. The Balaban J connectivity index is 2.03. The lowest BCUT2D eigenvalue weighted by molar-refractivity contribution is 0.249. The van der Waals surface area contributed by atoms with Crippen LogP contribution in [-0.2, 0) is 0 Å². The van der Waals surface area contributed by atoms with Gasteiger partial charge in [0, 0.05) is 6.20 Å². The van der Waals surface area contributed by atoms with Crippen LogP contribution in [0.5, 0.6) is 0 Å². The number of hydrazine groups is 1. The zero-order chi connectivity index (χ0) is 12.1. The highest BCUT2D eigenvalue weighted by Gasteiger charge is 2.00. The van der Waals surface area contributed by atoms with Crippen molar-refractivity contribution in [2.45, 2.75) is 0 Å². The molecule has 0 aliphatic rings. The molecule has 7 heteroatoms. The van der Waals surface area contributed by atoms with Gasteiger partial charge in [0.25, 0.3) is 0 Å². The second kappa shape index (κ2) is 5.17. The van der Waals surface area contributed by atoms with Crippen molar-refractivity contribution in [2.75, 3.05) is 5.43 Å². The number of carbonyl (C=O) groups is 1. The van der Waals surface area contributed by atoms with Gasteiger partial charge in [-0.25, -0.2) is 10.2 Å². The van der Waals surface area contributed by atoms with E-state index in [4.69, 9.17) is 5.53 Å². The molecule has 17 heavy (non-hydrogen) atoms. The molecule has 6 nitrogen and oxygen atoms in total. The number of nitrogens with zero attached hydrogens (tertiary/aromatic N) is 2. The maximum absolute atomic E-state index is 10.7. The third kappa shape index (κ3) is 2.85. The molecule has 0 saturated carbocycles. The Morgan fingerprint density at radius 2 is 2.12 bits per heavy atom. The van der Waals surface area contributed by atoms with E-state index in [1.54, 1.807) is 23.0 Å². The van der Waals surface area contributed by atoms with Gasteiger partial charge in [-0.2, -0.15) is 5.53 Å². The van der Waals surface area contributed by atoms with Gasteiger partial charge in [-0.15, -0.1) is 11.3 Å². The fraction of sp³-hybridized carbons (Fsp3) is 0. The highest BCUT2D eigenvalue weighted by molar-refractivity contribution is 7.13. The van der Waals surface area contributed by atoms with E-state index in [1.807, 2.05) is 24.3 Å². The molecular formula is C10H9N5OS. The maximum atomic E-state index is 10.7. The quantitative estimate of drug-likeness (QED) is 0.575. The van der Waals surface area contributed by atoms with Crippen LogP contribution >= 0.6 is 11.3 Å². The van der Waals surface area contributed by atoms with Gasteiger partial charge in [-0.1, -0.05) is 17.2 Å². The van der Waals surface area contributed by atoms with Crippen LogP contribution in [0.25, 0.3) is 10.4 Å². The SMILES string of the molecule is N=NC(=O)NNc1ccc(-c2cncs2)cc1. The highest BCUT2D eigenvalue weighted by atomic mass is 32.1. The second-order valence-corrected chi connectivity index (χ2v) is 4.00. The monoisotopic (exact) mass is 247 g/mol. The minimum absolute atomic E-state index is 0.718. The zero-order valence-electron chi connectivity index (χ0n) is 8.68. The molecule has 0 aliphatic heterocycles. The van der Waals surface area contributed by atoms with Gasteiger partial charge in [0.15, 0.2) is 0 Å². The summed E-state index contributed by atoms with van der Waals surface area (Å²) in [5, 5.41) is 2.69. The van der Waals surface area contributed by atoms with E-state index >= 15 is 0 Å². The summed E-state index contributed by atoms with van der Waals surface area (Å²) in [6.45, 7) is 0. The first-order valence-electron chi connectivity index (χ1n) is 4.72. The summed E-state index contributed by atoms with van der Waals surface area (Å²) in [5.74, 6) is 0. The molecule has 0 aliphatic carbocycles. The molecule has 0 fully saturated rings. The number of hydrogen-bond acceptors (Lipinski definition) is 5. The Bertz CT molecular complexity index is 508. The minimum atomic E-state index is -0.739. The Morgan fingerprint density at radius 1 is 1.35 bits per heavy atom. The van der Waals surface area contributed by atoms with Gasteiger partial charge >= 0.3 is 6.03 Å². The molecule has 1 aromatic heterocycles. The van der Waals surface area contributed by atoms with Crippen LogP contribution < -0.4 is 10.9 Å². The van der Waals surface area contributed by atoms with Crippen LogP contribution in [0.2, 0.25) is 0 Å². The van der Waals surface area contributed by atoms with Gasteiger partial charge in [0.05, 0.1) is 16.1 Å². The van der Waals surface area contributed by atoms with Crippen LogP contribution in [0.15, 0.2) is 41.1 Å². The van der Waals surface area contributed by atoms with Gasteiger partial charge in [0.2, 0.25) is 0 Å². The van der Waals surface area contributed by atoms with Crippen LogP contribution in [0, 0.1) is 5.53 Å². The predicted molar refractivity (Wildman–Crippen MR) is 64.9 cm³/mol. The van der Waals surface area contributed by atoms with E-state index < -0.39 is 6.03 Å². The lowest BCUT2D eigenvalue weighted by atomic mass is 10.2. The van der Waals surface area contributed by atoms with Crippen molar-refractivity contribution >= 4 is 23.1 Å². The lowest BCUT2D eigenvalue weighted by Crippen LogP contribution is -2.25. The van der Waals surface area contributed by atoms with E-state index in [0.29, 0.717) is 0 Å². The van der Waals surface area contributed by atoms with Crippen molar-refractivity contribution < 1.29 is 4.79 Å². The van der Waals surface area contributed by atoms with Crippen molar-refractivity contribution in [1.82, 2.24) is 10.4 Å². The number of thiazole rings is 1. The van der Waals surface area contributed by atoms with Crippen LogP contribution in [0.1, 0.15) is 0 Å². The molecule has 0 radical (unpaired) electrons. The number of hydrogen-bond donors (Lipinski definition) is 3. The molecule has 0 spiro atoms. The first-order chi connectivity index (χ1) is 8.29. The van der Waals surface area contributed by atoms with Gasteiger partial charge < -0.3 is 0 Å². The van der Waals surface area contributed by atoms with Crippen LogP contribution in [0.3, 0.4) is 0 Å². The molecule has 1 heterocycles. The summed E-state index contributed by atoms with van der Waals surface area (Å²) in [4.78, 5) is 15.8. The molecule has 2 aromatic rings. The molecule has 0 saturated heterocycles. The molecule has 0 atom stereocenters. The minimum Gasteiger partial charge on any atom is -0.297 e. The number of rotatable bonds is 3. The third-order valence-electron chi connectivity index (χ3n) is 2.02. The number of urea groups is 1. The van der Waals surface area contributed by atoms with Crippen molar-refractivity contribution in [1.29, 1.82) is 5.53 Å². The van der Waals surface area contributed by atoms with E-state index in [2.05, 4.69) is 20.9 Å². The normalized spacial score (nSPS) is 9.65. The zero-order valence-corrected chi connectivity index (χ0v) is 9.49. The molecular weight excluding hydrogens is 238 g/mol. The summed E-state index contributed by atoms with van der Waals surface area (Å²) in [7, 11) is 0. The standard InChI is InChI=1S/C10H9N5OS/c11-13-10(16)15-14-8-3-1-7(2-4-8)9-5-12-6-17-9/h1-6,11,14H,(H,15,16). The second-order valence-electron chi connectivity index (χ2n) is 3.11. The van der Waals surface area contributed by atoms with E-state index in [9.17, 15) is 4.79 Å². The van der Waals surface area contributed by atoms with Gasteiger partial charge in [0.1, 0.15) is 0 Å².